The third-order valence-corrected chi connectivity index (χ3v) is 4.55. The zero-order valence-electron chi connectivity index (χ0n) is 14.6. The lowest BCUT2D eigenvalue weighted by Gasteiger charge is -2.19. The fourth-order valence-corrected chi connectivity index (χ4v) is 3.27. The average Bonchev–Trinajstić information content (AvgIpc) is 3.21. The van der Waals surface area contributed by atoms with E-state index >= 15 is 0 Å². The van der Waals surface area contributed by atoms with Gasteiger partial charge in [-0.25, -0.2) is 14.5 Å². The molecule has 1 aromatic heterocycles. The number of carbonyl (C=O) groups is 2. The van der Waals surface area contributed by atoms with Gasteiger partial charge < -0.3 is 10.0 Å². The van der Waals surface area contributed by atoms with Gasteiger partial charge in [-0.15, -0.1) is 5.10 Å². The van der Waals surface area contributed by atoms with E-state index in [4.69, 9.17) is 0 Å². The van der Waals surface area contributed by atoms with Crippen LogP contribution in [0.2, 0.25) is 0 Å². The second-order valence-corrected chi connectivity index (χ2v) is 6.60. The Labute approximate surface area is 146 Å². The summed E-state index contributed by atoms with van der Waals surface area (Å²) in [4.78, 5) is 29.7. The highest BCUT2D eigenvalue weighted by Gasteiger charge is 2.36. The number of rotatable bonds is 4. The number of amides is 1. The van der Waals surface area contributed by atoms with E-state index in [2.05, 4.69) is 23.9 Å². The number of carboxylic acids is 1. The Morgan fingerprint density at radius 2 is 2.00 bits per heavy atom. The van der Waals surface area contributed by atoms with Crippen LogP contribution in [0.3, 0.4) is 0 Å². The molecule has 1 saturated heterocycles. The molecule has 132 valence electrons. The summed E-state index contributed by atoms with van der Waals surface area (Å²) < 4.78 is 1.66. The van der Waals surface area contributed by atoms with E-state index < -0.39 is 17.9 Å². The van der Waals surface area contributed by atoms with Crippen molar-refractivity contribution in [3.63, 3.8) is 0 Å². The number of para-hydroxylation sites is 1. The second-order valence-electron chi connectivity index (χ2n) is 6.60. The first-order chi connectivity index (χ1) is 11.9. The van der Waals surface area contributed by atoms with Crippen molar-refractivity contribution in [2.75, 3.05) is 6.54 Å². The Bertz CT molecular complexity index is 812. The van der Waals surface area contributed by atoms with Gasteiger partial charge in [-0.1, -0.05) is 32.0 Å². The minimum absolute atomic E-state index is 0.0456. The molecular weight excluding hydrogens is 320 g/mol. The molecule has 1 N–H and O–H groups in total. The molecule has 25 heavy (non-hydrogen) atoms. The maximum atomic E-state index is 12.7. The zero-order chi connectivity index (χ0) is 18.1. The number of carbonyl (C=O) groups excluding carboxylic acids is 1. The van der Waals surface area contributed by atoms with Crippen LogP contribution >= 0.6 is 0 Å². The fraction of sp³-hybridized carbons (Fsp3) is 0.444. The normalized spacial score (nSPS) is 17.3. The number of likely N-dealkylation sites (tertiary alicyclic amines) is 1. The van der Waals surface area contributed by atoms with E-state index in [1.165, 1.54) is 4.90 Å². The topological polar surface area (TPSA) is 88.3 Å². The third kappa shape index (κ3) is 3.14. The van der Waals surface area contributed by atoms with E-state index in [1.54, 1.807) is 11.6 Å². The number of nitrogens with zero attached hydrogens (tertiary/aromatic N) is 4. The smallest absolute Gasteiger partial charge is 0.326 e. The van der Waals surface area contributed by atoms with Crippen molar-refractivity contribution in [3.05, 3.63) is 41.5 Å². The van der Waals surface area contributed by atoms with Gasteiger partial charge in [0.25, 0.3) is 5.91 Å². The zero-order valence-corrected chi connectivity index (χ0v) is 14.6. The number of hydrogen-bond donors (Lipinski definition) is 1. The monoisotopic (exact) mass is 342 g/mol. The summed E-state index contributed by atoms with van der Waals surface area (Å²) in [7, 11) is 0. The lowest BCUT2D eigenvalue weighted by molar-refractivity contribution is -0.141. The first-order valence-corrected chi connectivity index (χ1v) is 8.47. The first kappa shape index (κ1) is 17.1. The van der Waals surface area contributed by atoms with Gasteiger partial charge in [-0.2, -0.15) is 0 Å². The molecule has 3 rings (SSSR count). The van der Waals surface area contributed by atoms with Crippen molar-refractivity contribution < 1.29 is 14.7 Å². The molecule has 0 unspecified atom stereocenters. The summed E-state index contributed by atoms with van der Waals surface area (Å²) in [6, 6.07) is 7.08. The Kier molecular flexibility index (Phi) is 4.57. The van der Waals surface area contributed by atoms with Gasteiger partial charge in [0.05, 0.1) is 5.69 Å². The minimum atomic E-state index is -0.979. The second kappa shape index (κ2) is 6.66. The van der Waals surface area contributed by atoms with Crippen LogP contribution in [-0.4, -0.2) is 49.2 Å². The van der Waals surface area contributed by atoms with Gasteiger partial charge in [-0.3, -0.25) is 4.79 Å². The molecule has 7 nitrogen and oxygen atoms in total. The van der Waals surface area contributed by atoms with Gasteiger partial charge in [0.1, 0.15) is 11.9 Å². The summed E-state index contributed by atoms with van der Waals surface area (Å²) >= 11 is 0. The molecular formula is C18H22N4O3. The van der Waals surface area contributed by atoms with Crippen molar-refractivity contribution >= 4 is 11.9 Å². The SMILES string of the molecule is Cc1nc(C(=O)N2CCC[C@H]2C(=O)O)nn1-c1ccccc1C(C)C. The first-order valence-electron chi connectivity index (χ1n) is 8.47. The summed E-state index contributed by atoms with van der Waals surface area (Å²) in [5.41, 5.74) is 2.00. The summed E-state index contributed by atoms with van der Waals surface area (Å²) in [5, 5.41) is 13.7. The molecule has 0 spiro atoms. The molecule has 0 saturated carbocycles. The van der Waals surface area contributed by atoms with Crippen LogP contribution in [0.25, 0.3) is 5.69 Å². The van der Waals surface area contributed by atoms with Gasteiger partial charge in [-0.05, 0) is 37.3 Å². The molecule has 1 aliphatic heterocycles. The maximum Gasteiger partial charge on any atom is 0.326 e. The van der Waals surface area contributed by atoms with E-state index in [-0.39, 0.29) is 5.82 Å². The molecule has 2 heterocycles. The van der Waals surface area contributed by atoms with Gasteiger partial charge >= 0.3 is 5.97 Å². The molecule has 2 aromatic rings. The van der Waals surface area contributed by atoms with Gasteiger partial charge in [0.15, 0.2) is 0 Å². The van der Waals surface area contributed by atoms with Crippen LogP contribution in [0.1, 0.15) is 54.6 Å². The molecule has 1 fully saturated rings. The van der Waals surface area contributed by atoms with E-state index in [0.717, 1.165) is 11.3 Å². The maximum absolute atomic E-state index is 12.7. The summed E-state index contributed by atoms with van der Waals surface area (Å²) in [5.74, 6) is -0.457. The van der Waals surface area contributed by atoms with Crippen molar-refractivity contribution in [2.45, 2.75) is 45.6 Å². The largest absolute Gasteiger partial charge is 0.480 e. The third-order valence-electron chi connectivity index (χ3n) is 4.55. The molecule has 1 aromatic carbocycles. The molecule has 7 heteroatoms. The molecule has 0 aliphatic carbocycles. The molecule has 1 aliphatic rings. The van der Waals surface area contributed by atoms with E-state index in [1.807, 2.05) is 24.3 Å². The van der Waals surface area contributed by atoms with Crippen LogP contribution in [-0.2, 0) is 4.79 Å². The van der Waals surface area contributed by atoms with Crippen molar-refractivity contribution in [1.29, 1.82) is 0 Å². The van der Waals surface area contributed by atoms with Crippen molar-refractivity contribution in [3.8, 4) is 5.69 Å². The predicted octanol–water partition coefficient (Wildman–Crippen LogP) is 2.39. The quantitative estimate of drug-likeness (QED) is 0.921. The highest BCUT2D eigenvalue weighted by molar-refractivity contribution is 5.93. The Morgan fingerprint density at radius 3 is 2.68 bits per heavy atom. The number of aliphatic carboxylic acids is 1. The van der Waals surface area contributed by atoms with Gasteiger partial charge in [0.2, 0.25) is 5.82 Å². The number of aryl methyl sites for hydroxylation is 1. The van der Waals surface area contributed by atoms with Crippen molar-refractivity contribution in [2.24, 2.45) is 0 Å². The summed E-state index contributed by atoms with van der Waals surface area (Å²) in [6.45, 7) is 6.41. The highest BCUT2D eigenvalue weighted by Crippen LogP contribution is 2.24. The standard InChI is InChI=1S/C18H22N4O3/c1-11(2)13-7-4-5-8-14(13)22-12(3)19-16(20-22)17(23)21-10-6-9-15(21)18(24)25/h4-5,7-8,11,15H,6,9-10H2,1-3H3,(H,24,25)/t15-/m0/s1. The number of carboxylic acid groups (broad SMARTS) is 1. The highest BCUT2D eigenvalue weighted by atomic mass is 16.4. The molecule has 0 bridgehead atoms. The number of aromatic nitrogens is 3. The van der Waals surface area contributed by atoms with Crippen LogP contribution in [0.5, 0.6) is 0 Å². The molecule has 1 atom stereocenters. The Hall–Kier alpha value is -2.70. The van der Waals surface area contributed by atoms with Crippen molar-refractivity contribution in [1.82, 2.24) is 19.7 Å². The minimum Gasteiger partial charge on any atom is -0.480 e. The van der Waals surface area contributed by atoms with Crippen LogP contribution in [0.4, 0.5) is 0 Å². The summed E-state index contributed by atoms with van der Waals surface area (Å²) in [6.07, 6.45) is 1.15. The van der Waals surface area contributed by atoms with E-state index in [9.17, 15) is 14.7 Å². The average molecular weight is 342 g/mol. The Morgan fingerprint density at radius 1 is 1.28 bits per heavy atom. The number of benzene rings is 1. The fourth-order valence-electron chi connectivity index (χ4n) is 3.27. The lowest BCUT2D eigenvalue weighted by Crippen LogP contribution is -2.40. The lowest BCUT2D eigenvalue weighted by atomic mass is 10.0. The Balaban J connectivity index is 1.96. The molecule has 0 radical (unpaired) electrons. The van der Waals surface area contributed by atoms with Crippen LogP contribution in [0, 0.1) is 6.92 Å². The van der Waals surface area contributed by atoms with Gasteiger partial charge in [0, 0.05) is 6.54 Å². The van der Waals surface area contributed by atoms with Crippen LogP contribution in [0.15, 0.2) is 24.3 Å². The van der Waals surface area contributed by atoms with Crippen LogP contribution < -0.4 is 0 Å². The number of hydrogen-bond acceptors (Lipinski definition) is 4. The predicted molar refractivity (Wildman–Crippen MR) is 91.9 cm³/mol. The molecule has 1 amide bonds. The van der Waals surface area contributed by atoms with E-state index in [0.29, 0.717) is 31.1 Å².